The van der Waals surface area contributed by atoms with Crippen molar-refractivity contribution in [3.8, 4) is 0 Å². The fourth-order valence-electron chi connectivity index (χ4n) is 0.719. The molecule has 49 valence electrons. The van der Waals surface area contributed by atoms with E-state index in [0.717, 1.165) is 0 Å². The van der Waals surface area contributed by atoms with Crippen molar-refractivity contribution in [1.82, 2.24) is 5.01 Å². The molecule has 3 heteroatoms. The fraction of sp³-hybridized carbons (Fsp3) is 0.667. The van der Waals surface area contributed by atoms with Crippen LogP contribution in [-0.2, 0) is 4.79 Å². The number of hydrogen-bond acceptors (Lipinski definition) is 2. The van der Waals surface area contributed by atoms with Gasteiger partial charge in [0, 0.05) is 6.04 Å². The summed E-state index contributed by atoms with van der Waals surface area (Å²) in [5, 5.41) is 5.19. The molecule has 0 fully saturated rings. The van der Waals surface area contributed by atoms with E-state index in [2.05, 4.69) is 11.3 Å². The summed E-state index contributed by atoms with van der Waals surface area (Å²) in [6.45, 7) is 3.85. The van der Waals surface area contributed by atoms with E-state index < -0.39 is 0 Å². The Labute approximate surface area is 54.3 Å². The van der Waals surface area contributed by atoms with E-state index >= 15 is 0 Å². The van der Waals surface area contributed by atoms with E-state index in [9.17, 15) is 4.79 Å². The van der Waals surface area contributed by atoms with Crippen LogP contribution in [0.15, 0.2) is 5.10 Å². The first-order valence-electron chi connectivity index (χ1n) is 2.97. The molecule has 0 aromatic carbocycles. The SMILES string of the molecule is CC(C)N1N=[C]CC1=O. The van der Waals surface area contributed by atoms with Crippen molar-refractivity contribution in [2.24, 2.45) is 5.10 Å². The van der Waals surface area contributed by atoms with Crippen molar-refractivity contribution >= 4 is 12.1 Å². The Hall–Kier alpha value is -0.860. The summed E-state index contributed by atoms with van der Waals surface area (Å²) in [5.41, 5.74) is 0. The van der Waals surface area contributed by atoms with Crippen molar-refractivity contribution in [3.63, 3.8) is 0 Å². The highest BCUT2D eigenvalue weighted by Gasteiger charge is 2.19. The van der Waals surface area contributed by atoms with Crippen molar-refractivity contribution in [1.29, 1.82) is 0 Å². The van der Waals surface area contributed by atoms with Gasteiger partial charge in [-0.25, -0.2) is 5.01 Å². The maximum Gasteiger partial charge on any atom is 0.249 e. The van der Waals surface area contributed by atoms with Gasteiger partial charge in [0.05, 0.1) is 12.6 Å². The van der Waals surface area contributed by atoms with E-state index in [4.69, 9.17) is 0 Å². The van der Waals surface area contributed by atoms with Gasteiger partial charge in [-0.2, -0.15) is 5.10 Å². The number of rotatable bonds is 1. The average Bonchev–Trinajstić information content (AvgIpc) is 2.13. The largest absolute Gasteiger partial charge is 0.273 e. The lowest BCUT2D eigenvalue weighted by atomic mass is 10.3. The third-order valence-electron chi connectivity index (χ3n) is 1.15. The van der Waals surface area contributed by atoms with Gasteiger partial charge in [0.25, 0.3) is 0 Å². The van der Waals surface area contributed by atoms with E-state index in [0.29, 0.717) is 6.42 Å². The highest BCUT2D eigenvalue weighted by molar-refractivity contribution is 5.93. The molecule has 0 N–H and O–H groups in total. The minimum atomic E-state index is 0.0463. The van der Waals surface area contributed by atoms with Crippen molar-refractivity contribution < 1.29 is 4.79 Å². The molecule has 1 aliphatic heterocycles. The molecular weight excluding hydrogens is 116 g/mol. The van der Waals surface area contributed by atoms with Gasteiger partial charge < -0.3 is 0 Å². The quantitative estimate of drug-likeness (QED) is 0.502. The highest BCUT2D eigenvalue weighted by Crippen LogP contribution is 2.06. The van der Waals surface area contributed by atoms with Gasteiger partial charge in [-0.15, -0.1) is 0 Å². The monoisotopic (exact) mass is 125 g/mol. The molecule has 0 atom stereocenters. The first-order valence-corrected chi connectivity index (χ1v) is 2.97. The van der Waals surface area contributed by atoms with Crippen LogP contribution in [0, 0.1) is 0 Å². The number of hydrogen-bond donors (Lipinski definition) is 0. The molecule has 1 heterocycles. The second-order valence-electron chi connectivity index (χ2n) is 2.27. The maximum absolute atomic E-state index is 10.8. The average molecular weight is 125 g/mol. The third-order valence-corrected chi connectivity index (χ3v) is 1.15. The Bertz CT molecular complexity index is 151. The first kappa shape index (κ1) is 6.26. The molecule has 0 saturated carbocycles. The second-order valence-corrected chi connectivity index (χ2v) is 2.27. The summed E-state index contributed by atoms with van der Waals surface area (Å²) < 4.78 is 0. The molecule has 1 radical (unpaired) electrons. The Balaban J connectivity index is 2.59. The van der Waals surface area contributed by atoms with E-state index in [1.54, 1.807) is 0 Å². The Kier molecular flexibility index (Phi) is 1.51. The van der Waals surface area contributed by atoms with Gasteiger partial charge in [0.2, 0.25) is 5.91 Å². The van der Waals surface area contributed by atoms with E-state index in [-0.39, 0.29) is 11.9 Å². The van der Waals surface area contributed by atoms with Crippen LogP contribution in [0.1, 0.15) is 20.3 Å². The molecule has 0 aromatic rings. The summed E-state index contributed by atoms with van der Waals surface area (Å²) in [6, 6.07) is 0.174. The predicted molar refractivity (Wildman–Crippen MR) is 34.0 cm³/mol. The summed E-state index contributed by atoms with van der Waals surface area (Å²) in [4.78, 5) is 10.8. The molecule has 1 rings (SSSR count). The first-order chi connectivity index (χ1) is 4.22. The van der Waals surface area contributed by atoms with Gasteiger partial charge in [-0.3, -0.25) is 4.79 Å². The van der Waals surface area contributed by atoms with Gasteiger partial charge in [0.15, 0.2) is 0 Å². The summed E-state index contributed by atoms with van der Waals surface area (Å²) in [5.74, 6) is 0.0463. The zero-order valence-corrected chi connectivity index (χ0v) is 5.59. The molecule has 0 bridgehead atoms. The zero-order valence-electron chi connectivity index (χ0n) is 5.59. The van der Waals surface area contributed by atoms with Crippen molar-refractivity contribution in [2.75, 3.05) is 0 Å². The molecule has 1 amide bonds. The van der Waals surface area contributed by atoms with Gasteiger partial charge in [0.1, 0.15) is 0 Å². The lowest BCUT2D eigenvalue weighted by molar-refractivity contribution is -0.130. The van der Waals surface area contributed by atoms with Crippen LogP contribution in [0.5, 0.6) is 0 Å². The highest BCUT2D eigenvalue weighted by atomic mass is 16.2. The standard InChI is InChI=1S/C6H9N2O/c1-5(2)8-6(9)3-4-7-8/h5H,3H2,1-2H3. The van der Waals surface area contributed by atoms with Gasteiger partial charge in [-0.05, 0) is 13.8 Å². The van der Waals surface area contributed by atoms with Gasteiger partial charge in [-0.1, -0.05) is 0 Å². The normalized spacial score (nSPS) is 18.1. The molecule has 0 saturated heterocycles. The minimum Gasteiger partial charge on any atom is -0.273 e. The summed E-state index contributed by atoms with van der Waals surface area (Å²) in [7, 11) is 0. The lowest BCUT2D eigenvalue weighted by Gasteiger charge is -2.14. The molecule has 0 spiro atoms. The zero-order chi connectivity index (χ0) is 6.85. The van der Waals surface area contributed by atoms with Gasteiger partial charge >= 0.3 is 0 Å². The van der Waals surface area contributed by atoms with Crippen LogP contribution in [-0.4, -0.2) is 23.2 Å². The number of nitrogens with zero attached hydrogens (tertiary/aromatic N) is 2. The topological polar surface area (TPSA) is 32.7 Å². The molecule has 9 heavy (non-hydrogen) atoms. The molecule has 1 aliphatic rings. The van der Waals surface area contributed by atoms with Crippen LogP contribution >= 0.6 is 0 Å². The maximum atomic E-state index is 10.8. The molecule has 3 nitrogen and oxygen atoms in total. The van der Waals surface area contributed by atoms with E-state index in [1.807, 2.05) is 13.8 Å². The molecule has 0 aliphatic carbocycles. The number of amides is 1. The Morgan fingerprint density at radius 1 is 1.78 bits per heavy atom. The number of hydrazone groups is 1. The molecule has 0 unspecified atom stereocenters. The molecular formula is C6H9N2O. The van der Waals surface area contributed by atoms with Crippen LogP contribution in [0.2, 0.25) is 0 Å². The van der Waals surface area contributed by atoms with E-state index in [1.165, 1.54) is 5.01 Å². The predicted octanol–water partition coefficient (Wildman–Crippen LogP) is 0.490. The van der Waals surface area contributed by atoms with Crippen LogP contribution in [0.25, 0.3) is 0 Å². The lowest BCUT2D eigenvalue weighted by Crippen LogP contribution is -2.27. The Morgan fingerprint density at radius 3 is 2.67 bits per heavy atom. The molecule has 0 aromatic heterocycles. The number of carbonyl (C=O) groups excluding carboxylic acids is 1. The van der Waals surface area contributed by atoms with Crippen molar-refractivity contribution in [2.45, 2.75) is 26.3 Å². The second kappa shape index (κ2) is 2.17. The third kappa shape index (κ3) is 1.09. The fourth-order valence-corrected chi connectivity index (χ4v) is 0.719. The van der Waals surface area contributed by atoms with Crippen LogP contribution in [0.4, 0.5) is 0 Å². The van der Waals surface area contributed by atoms with Crippen molar-refractivity contribution in [3.05, 3.63) is 0 Å². The minimum absolute atomic E-state index is 0.0463. The smallest absolute Gasteiger partial charge is 0.249 e. The van der Waals surface area contributed by atoms with Crippen LogP contribution in [0.3, 0.4) is 0 Å². The van der Waals surface area contributed by atoms with Crippen LogP contribution < -0.4 is 0 Å². The Morgan fingerprint density at radius 2 is 2.44 bits per heavy atom. The summed E-state index contributed by atoms with van der Waals surface area (Å²) in [6.07, 6.45) is 2.95. The number of carbonyl (C=O) groups is 1. The summed E-state index contributed by atoms with van der Waals surface area (Å²) >= 11 is 0.